The third kappa shape index (κ3) is 2.22. The molecule has 4 nitrogen and oxygen atoms in total. The van der Waals surface area contributed by atoms with Gasteiger partial charge in [-0.3, -0.25) is 4.79 Å². The molecular weight excluding hydrogens is 266 g/mol. The van der Waals surface area contributed by atoms with Crippen molar-refractivity contribution in [1.82, 2.24) is 5.32 Å². The first kappa shape index (κ1) is 15.3. The van der Waals surface area contributed by atoms with Crippen LogP contribution < -0.4 is 5.32 Å². The number of hydrogen-bond acceptors (Lipinski definition) is 3. The van der Waals surface area contributed by atoms with Crippen LogP contribution in [0.1, 0.15) is 46.5 Å². The summed E-state index contributed by atoms with van der Waals surface area (Å²) < 4.78 is 10.9. The zero-order chi connectivity index (χ0) is 15.3. The summed E-state index contributed by atoms with van der Waals surface area (Å²) in [5.74, 6) is 1.45. The number of ether oxygens (including phenoxy) is 2. The first-order valence-corrected chi connectivity index (χ1v) is 8.31. The van der Waals surface area contributed by atoms with E-state index in [2.05, 4.69) is 26.1 Å². The van der Waals surface area contributed by atoms with E-state index in [1.807, 2.05) is 0 Å². The zero-order valence-electron chi connectivity index (χ0n) is 13.8. The average molecular weight is 295 g/mol. The summed E-state index contributed by atoms with van der Waals surface area (Å²) in [6.07, 6.45) is 4.41. The number of carbonyl (C=O) groups is 1. The highest BCUT2D eigenvalue weighted by Gasteiger charge is 2.67. The van der Waals surface area contributed by atoms with E-state index >= 15 is 0 Å². The molecule has 5 atom stereocenters. The van der Waals surface area contributed by atoms with E-state index in [1.54, 1.807) is 7.11 Å². The molecule has 1 saturated heterocycles. The Balaban J connectivity index is 1.81. The third-order valence-electron chi connectivity index (χ3n) is 6.63. The van der Waals surface area contributed by atoms with Gasteiger partial charge in [-0.25, -0.2) is 0 Å². The minimum absolute atomic E-state index is 0.134. The molecule has 3 fully saturated rings. The molecule has 0 aromatic heterocycles. The van der Waals surface area contributed by atoms with Crippen molar-refractivity contribution in [2.24, 2.45) is 22.7 Å². The van der Waals surface area contributed by atoms with Crippen molar-refractivity contribution in [2.45, 2.75) is 58.6 Å². The van der Waals surface area contributed by atoms with E-state index in [0.717, 1.165) is 13.0 Å². The summed E-state index contributed by atoms with van der Waals surface area (Å²) in [6.45, 7) is 8.22. The van der Waals surface area contributed by atoms with Gasteiger partial charge in [0.15, 0.2) is 0 Å². The number of methoxy groups -OCH3 is 1. The molecule has 2 saturated carbocycles. The second-order valence-corrected chi connectivity index (χ2v) is 7.87. The fourth-order valence-corrected chi connectivity index (χ4v) is 5.51. The number of hydrogen-bond donors (Lipinski definition) is 1. The lowest BCUT2D eigenvalue weighted by atomic mass is 9.59. The Morgan fingerprint density at radius 1 is 1.43 bits per heavy atom. The van der Waals surface area contributed by atoms with Crippen LogP contribution in [0.15, 0.2) is 0 Å². The highest BCUT2D eigenvalue weighted by Crippen LogP contribution is 2.68. The molecule has 2 aliphatic carbocycles. The van der Waals surface area contributed by atoms with E-state index in [-0.39, 0.29) is 22.8 Å². The Morgan fingerprint density at radius 2 is 2.19 bits per heavy atom. The van der Waals surface area contributed by atoms with Gasteiger partial charge >= 0.3 is 0 Å². The van der Waals surface area contributed by atoms with Gasteiger partial charge in [0.25, 0.3) is 0 Å². The SMILES string of the molecule is COCCC(=O)N[C@H]1C(C)(C)[C@@H]2C[C@@H]3[C@@H](C)OCCC31C2. The molecule has 120 valence electrons. The minimum atomic E-state index is 0.134. The van der Waals surface area contributed by atoms with Gasteiger partial charge in [0.05, 0.1) is 12.7 Å². The summed E-state index contributed by atoms with van der Waals surface area (Å²) in [5, 5.41) is 3.37. The molecule has 3 rings (SSSR count). The quantitative estimate of drug-likeness (QED) is 0.866. The monoisotopic (exact) mass is 295 g/mol. The van der Waals surface area contributed by atoms with Crippen molar-refractivity contribution in [3.63, 3.8) is 0 Å². The maximum atomic E-state index is 12.3. The highest BCUT2D eigenvalue weighted by atomic mass is 16.5. The predicted molar refractivity (Wildman–Crippen MR) is 80.9 cm³/mol. The van der Waals surface area contributed by atoms with Gasteiger partial charge < -0.3 is 14.8 Å². The van der Waals surface area contributed by atoms with Gasteiger partial charge in [-0.15, -0.1) is 0 Å². The average Bonchev–Trinajstić information content (AvgIpc) is 2.91. The summed E-state index contributed by atoms with van der Waals surface area (Å²) >= 11 is 0. The largest absolute Gasteiger partial charge is 0.384 e. The molecule has 1 unspecified atom stereocenters. The lowest BCUT2D eigenvalue weighted by Gasteiger charge is -2.52. The summed E-state index contributed by atoms with van der Waals surface area (Å²) in [5.41, 5.74) is 0.449. The van der Waals surface area contributed by atoms with E-state index in [0.29, 0.717) is 31.0 Å². The predicted octanol–water partition coefficient (Wildman–Crippen LogP) is 2.37. The summed E-state index contributed by atoms with van der Waals surface area (Å²) in [6, 6.07) is 0.282. The normalized spacial score (nSPS) is 43.6. The van der Waals surface area contributed by atoms with Crippen LogP contribution in [0.4, 0.5) is 0 Å². The Bertz CT molecular complexity index is 422. The molecule has 21 heavy (non-hydrogen) atoms. The molecule has 3 aliphatic rings. The summed E-state index contributed by atoms with van der Waals surface area (Å²) in [4.78, 5) is 12.3. The lowest BCUT2D eigenvalue weighted by molar-refractivity contribution is -0.134. The molecule has 1 N–H and O–H groups in total. The second kappa shape index (κ2) is 5.24. The van der Waals surface area contributed by atoms with Crippen LogP contribution in [0.25, 0.3) is 0 Å². The van der Waals surface area contributed by atoms with Gasteiger partial charge in [-0.05, 0) is 48.9 Å². The van der Waals surface area contributed by atoms with E-state index in [1.165, 1.54) is 12.8 Å². The van der Waals surface area contributed by atoms with Crippen LogP contribution in [0.3, 0.4) is 0 Å². The first-order valence-electron chi connectivity index (χ1n) is 8.31. The smallest absolute Gasteiger partial charge is 0.222 e. The second-order valence-electron chi connectivity index (χ2n) is 7.87. The first-order chi connectivity index (χ1) is 9.91. The van der Waals surface area contributed by atoms with Gasteiger partial charge in [0.1, 0.15) is 0 Å². The maximum absolute atomic E-state index is 12.3. The fraction of sp³-hybridized carbons (Fsp3) is 0.941. The molecular formula is C17H29NO3. The Morgan fingerprint density at radius 3 is 2.90 bits per heavy atom. The number of amides is 1. The molecule has 0 aromatic rings. The zero-order valence-corrected chi connectivity index (χ0v) is 13.8. The van der Waals surface area contributed by atoms with Crippen LogP contribution in [0.2, 0.25) is 0 Å². The molecule has 1 spiro atoms. The van der Waals surface area contributed by atoms with Gasteiger partial charge in [0.2, 0.25) is 5.91 Å². The minimum Gasteiger partial charge on any atom is -0.384 e. The van der Waals surface area contributed by atoms with Gasteiger partial charge in [-0.2, -0.15) is 0 Å². The van der Waals surface area contributed by atoms with Crippen LogP contribution in [-0.4, -0.2) is 38.4 Å². The van der Waals surface area contributed by atoms with E-state index < -0.39 is 0 Å². The molecule has 1 aliphatic heterocycles. The van der Waals surface area contributed by atoms with Crippen molar-refractivity contribution in [2.75, 3.05) is 20.3 Å². The van der Waals surface area contributed by atoms with Crippen molar-refractivity contribution >= 4 is 5.91 Å². The standard InChI is InChI=1S/C17H29NO3/c1-11-13-9-12-10-17(13,6-8-21-11)15(16(12,2)3)18-14(19)5-7-20-4/h11-13,15H,5-10H2,1-4H3,(H,18,19)/t11-,12-,13-,15+,17?/m1/s1. The molecule has 1 amide bonds. The van der Waals surface area contributed by atoms with Crippen molar-refractivity contribution < 1.29 is 14.3 Å². The van der Waals surface area contributed by atoms with Crippen LogP contribution >= 0.6 is 0 Å². The highest BCUT2D eigenvalue weighted by molar-refractivity contribution is 5.76. The third-order valence-corrected chi connectivity index (χ3v) is 6.63. The molecule has 4 heteroatoms. The van der Waals surface area contributed by atoms with E-state index in [4.69, 9.17) is 9.47 Å². The van der Waals surface area contributed by atoms with Crippen LogP contribution in [0.5, 0.6) is 0 Å². The summed E-state index contributed by atoms with van der Waals surface area (Å²) in [7, 11) is 1.64. The van der Waals surface area contributed by atoms with Gasteiger partial charge in [-0.1, -0.05) is 13.8 Å². The topological polar surface area (TPSA) is 47.6 Å². The number of fused-ring (bicyclic) bond motifs is 1. The van der Waals surface area contributed by atoms with E-state index in [9.17, 15) is 4.79 Å². The number of nitrogens with one attached hydrogen (secondary N) is 1. The lowest BCUT2D eigenvalue weighted by Crippen LogP contribution is -2.60. The van der Waals surface area contributed by atoms with Crippen LogP contribution in [-0.2, 0) is 14.3 Å². The van der Waals surface area contributed by atoms with Crippen molar-refractivity contribution in [3.05, 3.63) is 0 Å². The molecule has 2 bridgehead atoms. The maximum Gasteiger partial charge on any atom is 0.222 e. The van der Waals surface area contributed by atoms with Gasteiger partial charge in [0, 0.05) is 26.2 Å². The Labute approximate surface area is 127 Å². The Kier molecular flexibility index (Phi) is 3.81. The van der Waals surface area contributed by atoms with Crippen LogP contribution in [0, 0.1) is 22.7 Å². The molecule has 1 heterocycles. The number of rotatable bonds is 4. The fourth-order valence-electron chi connectivity index (χ4n) is 5.51. The Hall–Kier alpha value is -0.610. The molecule has 0 aromatic carbocycles. The van der Waals surface area contributed by atoms with Crippen molar-refractivity contribution in [3.8, 4) is 0 Å². The number of carbonyl (C=O) groups excluding carboxylic acids is 1. The van der Waals surface area contributed by atoms with Crippen molar-refractivity contribution in [1.29, 1.82) is 0 Å². The molecule has 0 radical (unpaired) electrons.